The van der Waals surface area contributed by atoms with Crippen LogP contribution in [-0.4, -0.2) is 22.8 Å². The number of nitrogens with two attached hydrogens (primary N) is 1. The minimum atomic E-state index is 0.0589. The zero-order chi connectivity index (χ0) is 16.7. The predicted octanol–water partition coefficient (Wildman–Crippen LogP) is 3.28. The Morgan fingerprint density at radius 3 is 2.75 bits per heavy atom. The van der Waals surface area contributed by atoms with Crippen LogP contribution in [0, 0.1) is 13.8 Å². The van der Waals surface area contributed by atoms with E-state index in [0.717, 1.165) is 28.9 Å². The Balaban J connectivity index is 1.80. The van der Waals surface area contributed by atoms with E-state index in [1.165, 1.54) is 11.1 Å². The van der Waals surface area contributed by atoms with Crippen molar-refractivity contribution in [1.82, 2.24) is 10.1 Å². The molecule has 0 unspecified atom stereocenters. The minimum absolute atomic E-state index is 0.0589. The third-order valence-electron chi connectivity index (χ3n) is 4.26. The van der Waals surface area contributed by atoms with Gasteiger partial charge in [-0.25, -0.2) is 0 Å². The number of benzene rings is 2. The molecule has 1 aliphatic heterocycles. The fourth-order valence-electron chi connectivity index (χ4n) is 3.18. The zero-order valence-electron chi connectivity index (χ0n) is 13.7. The standard InChI is InChI=1S/C19H19N3O2/c1-11-6-15-9-16(10-20)23-18(15)17(7-11)13-4-3-5-14(8-13)19-21-12(2)24-22-19/h3-8,16H,9-10,20H2,1-2H3/t16-/m0/s1. The molecule has 4 rings (SSSR count). The van der Waals surface area contributed by atoms with Crippen molar-refractivity contribution in [2.75, 3.05) is 6.54 Å². The molecule has 0 aliphatic carbocycles. The maximum Gasteiger partial charge on any atom is 0.223 e. The van der Waals surface area contributed by atoms with Gasteiger partial charge in [-0.05, 0) is 35.7 Å². The SMILES string of the molecule is Cc1cc2c(c(-c3cccc(-c4noc(C)n4)c3)c1)O[C@H](CN)C2. The molecule has 24 heavy (non-hydrogen) atoms. The molecule has 1 aromatic heterocycles. The van der Waals surface area contributed by atoms with Crippen molar-refractivity contribution in [1.29, 1.82) is 0 Å². The maximum absolute atomic E-state index is 6.07. The first-order valence-corrected chi connectivity index (χ1v) is 8.05. The van der Waals surface area contributed by atoms with Gasteiger partial charge >= 0.3 is 0 Å². The summed E-state index contributed by atoms with van der Waals surface area (Å²) in [5.74, 6) is 2.10. The molecule has 5 nitrogen and oxygen atoms in total. The van der Waals surface area contributed by atoms with Crippen LogP contribution in [0.15, 0.2) is 40.9 Å². The van der Waals surface area contributed by atoms with Crippen molar-refractivity contribution in [3.05, 3.63) is 53.4 Å². The summed E-state index contributed by atoms with van der Waals surface area (Å²) in [6.07, 6.45) is 0.924. The van der Waals surface area contributed by atoms with E-state index in [1.807, 2.05) is 12.1 Å². The van der Waals surface area contributed by atoms with Gasteiger partial charge in [0.05, 0.1) is 0 Å². The van der Waals surface area contributed by atoms with Gasteiger partial charge < -0.3 is 15.0 Å². The van der Waals surface area contributed by atoms with Gasteiger partial charge in [0.2, 0.25) is 11.7 Å². The van der Waals surface area contributed by atoms with E-state index in [0.29, 0.717) is 18.3 Å². The van der Waals surface area contributed by atoms with Crippen LogP contribution in [0.4, 0.5) is 0 Å². The lowest BCUT2D eigenvalue weighted by Gasteiger charge is -2.12. The second-order valence-corrected chi connectivity index (χ2v) is 6.20. The summed E-state index contributed by atoms with van der Waals surface area (Å²) in [4.78, 5) is 4.31. The molecule has 0 amide bonds. The van der Waals surface area contributed by atoms with E-state index in [-0.39, 0.29) is 6.10 Å². The van der Waals surface area contributed by atoms with Crippen molar-refractivity contribution >= 4 is 0 Å². The Hall–Kier alpha value is -2.66. The molecule has 2 N–H and O–H groups in total. The van der Waals surface area contributed by atoms with E-state index in [9.17, 15) is 0 Å². The molecule has 1 atom stereocenters. The van der Waals surface area contributed by atoms with Gasteiger partial charge in [0.1, 0.15) is 11.9 Å². The second kappa shape index (κ2) is 5.76. The third kappa shape index (κ3) is 2.57. The lowest BCUT2D eigenvalue weighted by Crippen LogP contribution is -2.24. The van der Waals surface area contributed by atoms with Crippen molar-refractivity contribution in [2.24, 2.45) is 5.73 Å². The Morgan fingerprint density at radius 2 is 2.00 bits per heavy atom. The van der Waals surface area contributed by atoms with Gasteiger partial charge in [0.25, 0.3) is 0 Å². The van der Waals surface area contributed by atoms with Gasteiger partial charge in [-0.3, -0.25) is 0 Å². The molecule has 0 saturated carbocycles. The number of hydrogen-bond donors (Lipinski definition) is 1. The van der Waals surface area contributed by atoms with Crippen LogP contribution in [0.2, 0.25) is 0 Å². The van der Waals surface area contributed by atoms with Gasteiger partial charge in [-0.15, -0.1) is 0 Å². The number of nitrogens with zero attached hydrogens (tertiary/aromatic N) is 2. The van der Waals surface area contributed by atoms with Crippen molar-refractivity contribution in [2.45, 2.75) is 26.4 Å². The summed E-state index contributed by atoms with van der Waals surface area (Å²) in [5.41, 5.74) is 11.3. The molecule has 122 valence electrons. The molecule has 0 bridgehead atoms. The highest BCUT2D eigenvalue weighted by Gasteiger charge is 2.25. The monoisotopic (exact) mass is 321 g/mol. The fraction of sp³-hybridized carbons (Fsp3) is 0.263. The smallest absolute Gasteiger partial charge is 0.223 e. The molecule has 1 aliphatic rings. The highest BCUT2D eigenvalue weighted by Crippen LogP contribution is 2.40. The van der Waals surface area contributed by atoms with Gasteiger partial charge in [-0.2, -0.15) is 4.98 Å². The van der Waals surface area contributed by atoms with Crippen LogP contribution in [0.1, 0.15) is 17.0 Å². The van der Waals surface area contributed by atoms with Crippen LogP contribution < -0.4 is 10.5 Å². The average Bonchev–Trinajstić information content (AvgIpc) is 3.20. The minimum Gasteiger partial charge on any atom is -0.488 e. The molecule has 0 spiro atoms. The quantitative estimate of drug-likeness (QED) is 0.801. The molecular weight excluding hydrogens is 302 g/mol. The number of hydrogen-bond acceptors (Lipinski definition) is 5. The lowest BCUT2D eigenvalue weighted by atomic mass is 9.96. The first-order valence-electron chi connectivity index (χ1n) is 8.05. The van der Waals surface area contributed by atoms with E-state index in [2.05, 4.69) is 41.3 Å². The maximum atomic E-state index is 6.07. The molecule has 0 radical (unpaired) electrons. The number of aromatic nitrogens is 2. The molecule has 2 aromatic carbocycles. The third-order valence-corrected chi connectivity index (χ3v) is 4.26. The first kappa shape index (κ1) is 14.9. The van der Waals surface area contributed by atoms with Crippen LogP contribution in [0.3, 0.4) is 0 Å². The van der Waals surface area contributed by atoms with E-state index < -0.39 is 0 Å². The number of rotatable bonds is 3. The normalized spacial score (nSPS) is 16.0. The van der Waals surface area contributed by atoms with Gasteiger partial charge in [0.15, 0.2) is 0 Å². The second-order valence-electron chi connectivity index (χ2n) is 6.20. The largest absolute Gasteiger partial charge is 0.488 e. The first-order chi connectivity index (χ1) is 11.6. The summed E-state index contributed by atoms with van der Waals surface area (Å²) in [6.45, 7) is 4.41. The number of ether oxygens (including phenoxy) is 1. The summed E-state index contributed by atoms with van der Waals surface area (Å²) in [7, 11) is 0. The fourth-order valence-corrected chi connectivity index (χ4v) is 3.18. The Bertz CT molecular complexity index is 901. The highest BCUT2D eigenvalue weighted by molar-refractivity contribution is 5.77. The van der Waals surface area contributed by atoms with Crippen LogP contribution in [-0.2, 0) is 6.42 Å². The molecule has 0 fully saturated rings. The average molecular weight is 321 g/mol. The Kier molecular flexibility index (Phi) is 3.58. The van der Waals surface area contributed by atoms with E-state index in [4.69, 9.17) is 15.0 Å². The number of aryl methyl sites for hydroxylation is 2. The van der Waals surface area contributed by atoms with Gasteiger partial charge in [0, 0.05) is 31.0 Å². The highest BCUT2D eigenvalue weighted by atomic mass is 16.5. The topological polar surface area (TPSA) is 74.2 Å². The molecule has 2 heterocycles. The van der Waals surface area contributed by atoms with Crippen LogP contribution in [0.5, 0.6) is 5.75 Å². The summed E-state index contributed by atoms with van der Waals surface area (Å²) in [6, 6.07) is 12.5. The molecule has 3 aromatic rings. The molecule has 5 heteroatoms. The van der Waals surface area contributed by atoms with Crippen LogP contribution >= 0.6 is 0 Å². The lowest BCUT2D eigenvalue weighted by molar-refractivity contribution is 0.242. The van der Waals surface area contributed by atoms with Crippen LogP contribution in [0.25, 0.3) is 22.5 Å². The predicted molar refractivity (Wildman–Crippen MR) is 91.8 cm³/mol. The molecular formula is C19H19N3O2. The summed E-state index contributed by atoms with van der Waals surface area (Å²) >= 11 is 0. The van der Waals surface area contributed by atoms with E-state index in [1.54, 1.807) is 6.92 Å². The zero-order valence-corrected chi connectivity index (χ0v) is 13.7. The Morgan fingerprint density at radius 1 is 1.17 bits per heavy atom. The summed E-state index contributed by atoms with van der Waals surface area (Å²) in [5, 5.41) is 4.00. The number of fused-ring (bicyclic) bond motifs is 1. The van der Waals surface area contributed by atoms with Gasteiger partial charge in [-0.1, -0.05) is 29.4 Å². The summed E-state index contributed by atoms with van der Waals surface area (Å²) < 4.78 is 11.2. The van der Waals surface area contributed by atoms with Crippen molar-refractivity contribution < 1.29 is 9.26 Å². The van der Waals surface area contributed by atoms with E-state index >= 15 is 0 Å². The molecule has 0 saturated heterocycles. The van der Waals surface area contributed by atoms with Crippen molar-refractivity contribution in [3.8, 4) is 28.3 Å². The Labute approximate surface area is 140 Å². The van der Waals surface area contributed by atoms with Crippen molar-refractivity contribution in [3.63, 3.8) is 0 Å².